The van der Waals surface area contributed by atoms with E-state index in [1.807, 2.05) is 0 Å². The number of amides is 1. The zero-order chi connectivity index (χ0) is 15.6. The van der Waals surface area contributed by atoms with Crippen LogP contribution in [0.1, 0.15) is 23.2 Å². The van der Waals surface area contributed by atoms with Crippen LogP contribution in [0.3, 0.4) is 0 Å². The van der Waals surface area contributed by atoms with Crippen molar-refractivity contribution in [1.82, 2.24) is 0 Å². The second-order valence-corrected chi connectivity index (χ2v) is 7.66. The second kappa shape index (κ2) is 6.03. The van der Waals surface area contributed by atoms with Gasteiger partial charge in [0.2, 0.25) is 5.91 Å². The molecule has 0 spiro atoms. The van der Waals surface area contributed by atoms with Gasteiger partial charge in [-0.2, -0.15) is 0 Å². The molecular weight excluding hydrogens is 318 g/mol. The number of nitrogens with one attached hydrogen (secondary N) is 1. The standard InChI is InChI=1S/C13H14ClNO5S/c14-10-2-1-9(13(17)18)6-11(10)15-12(16)5-8-3-4-21(19,20)7-8/h1-2,6,8H,3-5,7H2,(H,15,16)(H,17,18). The number of benzene rings is 1. The zero-order valence-corrected chi connectivity index (χ0v) is 12.6. The molecule has 1 aliphatic heterocycles. The first-order valence-corrected chi connectivity index (χ1v) is 8.50. The van der Waals surface area contributed by atoms with Crippen LogP contribution < -0.4 is 5.32 Å². The number of hydrogen-bond donors (Lipinski definition) is 2. The minimum atomic E-state index is -3.02. The fraction of sp³-hybridized carbons (Fsp3) is 0.385. The summed E-state index contributed by atoms with van der Waals surface area (Å²) in [6.07, 6.45) is 0.547. The van der Waals surface area contributed by atoms with Crippen LogP contribution in [0.2, 0.25) is 5.02 Å². The van der Waals surface area contributed by atoms with Crippen molar-refractivity contribution >= 4 is 39.0 Å². The van der Waals surface area contributed by atoms with E-state index in [1.165, 1.54) is 18.2 Å². The Morgan fingerprint density at radius 3 is 2.67 bits per heavy atom. The quantitative estimate of drug-likeness (QED) is 0.876. The Morgan fingerprint density at radius 1 is 1.38 bits per heavy atom. The van der Waals surface area contributed by atoms with Crippen molar-refractivity contribution in [1.29, 1.82) is 0 Å². The first-order valence-electron chi connectivity index (χ1n) is 6.30. The van der Waals surface area contributed by atoms with Gasteiger partial charge in [0.15, 0.2) is 9.84 Å². The summed E-state index contributed by atoms with van der Waals surface area (Å²) in [5, 5.41) is 11.7. The number of carboxylic acids is 1. The number of carbonyl (C=O) groups excluding carboxylic acids is 1. The van der Waals surface area contributed by atoms with Gasteiger partial charge in [0, 0.05) is 6.42 Å². The minimum absolute atomic E-state index is 0.0122. The topological polar surface area (TPSA) is 101 Å². The van der Waals surface area contributed by atoms with Gasteiger partial charge in [-0.1, -0.05) is 11.6 Å². The summed E-state index contributed by atoms with van der Waals surface area (Å²) in [5.41, 5.74) is 0.223. The lowest BCUT2D eigenvalue weighted by Gasteiger charge is -2.10. The van der Waals surface area contributed by atoms with Crippen LogP contribution in [-0.2, 0) is 14.6 Å². The number of carbonyl (C=O) groups is 2. The molecule has 1 unspecified atom stereocenters. The van der Waals surface area contributed by atoms with E-state index in [0.717, 1.165) is 0 Å². The highest BCUT2D eigenvalue weighted by Gasteiger charge is 2.29. The molecule has 1 amide bonds. The van der Waals surface area contributed by atoms with Gasteiger partial charge >= 0.3 is 5.97 Å². The molecule has 0 bridgehead atoms. The minimum Gasteiger partial charge on any atom is -0.478 e. The third-order valence-electron chi connectivity index (χ3n) is 3.29. The number of rotatable bonds is 4. The van der Waals surface area contributed by atoms with Crippen molar-refractivity contribution in [2.75, 3.05) is 16.8 Å². The molecule has 1 atom stereocenters. The lowest BCUT2D eigenvalue weighted by Crippen LogP contribution is -2.18. The van der Waals surface area contributed by atoms with Crippen LogP contribution in [-0.4, -0.2) is 36.9 Å². The molecule has 1 aromatic carbocycles. The molecule has 2 N–H and O–H groups in total. The average Bonchev–Trinajstić information content (AvgIpc) is 2.71. The van der Waals surface area contributed by atoms with Crippen molar-refractivity contribution in [2.45, 2.75) is 12.8 Å². The van der Waals surface area contributed by atoms with E-state index < -0.39 is 15.8 Å². The van der Waals surface area contributed by atoms with Gasteiger partial charge in [0.25, 0.3) is 0 Å². The average molecular weight is 332 g/mol. The van der Waals surface area contributed by atoms with E-state index in [-0.39, 0.29) is 46.0 Å². The summed E-state index contributed by atoms with van der Waals surface area (Å²) < 4.78 is 22.7. The molecule has 114 valence electrons. The highest BCUT2D eigenvalue weighted by Crippen LogP contribution is 2.25. The first-order chi connectivity index (χ1) is 9.77. The van der Waals surface area contributed by atoms with E-state index in [2.05, 4.69) is 5.32 Å². The van der Waals surface area contributed by atoms with E-state index in [9.17, 15) is 18.0 Å². The van der Waals surface area contributed by atoms with Crippen molar-refractivity contribution < 1.29 is 23.1 Å². The Balaban J connectivity index is 2.03. The van der Waals surface area contributed by atoms with Gasteiger partial charge < -0.3 is 10.4 Å². The summed E-state index contributed by atoms with van der Waals surface area (Å²) in [6.45, 7) is 0. The number of sulfone groups is 1. The molecule has 0 aromatic heterocycles. The van der Waals surface area contributed by atoms with Crippen LogP contribution in [0.4, 0.5) is 5.69 Å². The Morgan fingerprint density at radius 2 is 2.10 bits per heavy atom. The molecule has 21 heavy (non-hydrogen) atoms. The fourth-order valence-electron chi connectivity index (χ4n) is 2.25. The third kappa shape index (κ3) is 4.18. The van der Waals surface area contributed by atoms with Gasteiger partial charge in [-0.05, 0) is 30.5 Å². The van der Waals surface area contributed by atoms with Crippen molar-refractivity contribution in [2.24, 2.45) is 5.92 Å². The SMILES string of the molecule is O=C(CC1CCS(=O)(=O)C1)Nc1cc(C(=O)O)ccc1Cl. The third-order valence-corrected chi connectivity index (χ3v) is 5.45. The van der Waals surface area contributed by atoms with Gasteiger partial charge in [-0.15, -0.1) is 0 Å². The number of aromatic carboxylic acids is 1. The predicted octanol–water partition coefficient (Wildman–Crippen LogP) is 1.80. The lowest BCUT2D eigenvalue weighted by molar-refractivity contribution is -0.116. The molecule has 1 aliphatic rings. The molecule has 1 heterocycles. The molecule has 1 saturated heterocycles. The van der Waals surface area contributed by atoms with Gasteiger partial charge in [0.1, 0.15) is 0 Å². The predicted molar refractivity (Wildman–Crippen MR) is 78.4 cm³/mol. The maximum atomic E-state index is 11.9. The maximum absolute atomic E-state index is 11.9. The molecular formula is C13H14ClNO5S. The van der Waals surface area contributed by atoms with E-state index in [0.29, 0.717) is 6.42 Å². The summed E-state index contributed by atoms with van der Waals surface area (Å²) in [5.74, 6) is -1.56. The largest absolute Gasteiger partial charge is 0.478 e. The van der Waals surface area contributed by atoms with E-state index in [4.69, 9.17) is 16.7 Å². The zero-order valence-electron chi connectivity index (χ0n) is 11.0. The van der Waals surface area contributed by atoms with Gasteiger partial charge in [-0.25, -0.2) is 13.2 Å². The van der Waals surface area contributed by atoms with Gasteiger partial charge in [0.05, 0.1) is 27.8 Å². The number of carboxylic acid groups (broad SMARTS) is 1. The fourth-order valence-corrected chi connectivity index (χ4v) is 4.28. The molecule has 2 rings (SSSR count). The smallest absolute Gasteiger partial charge is 0.335 e. The monoisotopic (exact) mass is 331 g/mol. The van der Waals surface area contributed by atoms with Crippen LogP contribution in [0.25, 0.3) is 0 Å². The molecule has 0 radical (unpaired) electrons. The molecule has 1 fully saturated rings. The summed E-state index contributed by atoms with van der Waals surface area (Å²) in [6, 6.07) is 4.00. The van der Waals surface area contributed by atoms with Crippen LogP contribution >= 0.6 is 11.6 Å². The van der Waals surface area contributed by atoms with Crippen LogP contribution in [0.15, 0.2) is 18.2 Å². The highest BCUT2D eigenvalue weighted by atomic mass is 35.5. The summed E-state index contributed by atoms with van der Waals surface area (Å²) in [7, 11) is -3.02. The van der Waals surface area contributed by atoms with Crippen molar-refractivity contribution in [3.8, 4) is 0 Å². The number of hydrogen-bond acceptors (Lipinski definition) is 4. The maximum Gasteiger partial charge on any atom is 0.335 e. The van der Waals surface area contributed by atoms with Crippen molar-refractivity contribution in [3.05, 3.63) is 28.8 Å². The van der Waals surface area contributed by atoms with E-state index in [1.54, 1.807) is 0 Å². The summed E-state index contributed by atoms with van der Waals surface area (Å²) in [4.78, 5) is 22.8. The Bertz CT molecular complexity index is 686. The Hall–Kier alpha value is -1.60. The van der Waals surface area contributed by atoms with Crippen LogP contribution in [0, 0.1) is 5.92 Å². The molecule has 8 heteroatoms. The lowest BCUT2D eigenvalue weighted by atomic mass is 10.0. The number of anilines is 1. The Kier molecular flexibility index (Phi) is 4.53. The van der Waals surface area contributed by atoms with Crippen molar-refractivity contribution in [3.63, 3.8) is 0 Å². The molecule has 0 saturated carbocycles. The molecule has 6 nitrogen and oxygen atoms in total. The van der Waals surface area contributed by atoms with Crippen LogP contribution in [0.5, 0.6) is 0 Å². The summed E-state index contributed by atoms with van der Waals surface area (Å²) >= 11 is 5.90. The Labute approximate surface area is 127 Å². The molecule has 0 aliphatic carbocycles. The normalized spacial score (nSPS) is 20.1. The van der Waals surface area contributed by atoms with E-state index >= 15 is 0 Å². The van der Waals surface area contributed by atoms with Gasteiger partial charge in [-0.3, -0.25) is 4.79 Å². The molecule has 1 aromatic rings. The second-order valence-electron chi connectivity index (χ2n) is 5.02. The first kappa shape index (κ1) is 15.8. The highest BCUT2D eigenvalue weighted by molar-refractivity contribution is 7.91. The number of halogens is 1.